The predicted molar refractivity (Wildman–Crippen MR) is 134 cm³/mol. The molecule has 184 valence electrons. The Bertz CT molecular complexity index is 1250. The summed E-state index contributed by atoms with van der Waals surface area (Å²) < 4.78 is 5.06. The summed E-state index contributed by atoms with van der Waals surface area (Å²) in [6.45, 7) is 6.31. The fraction of sp³-hybridized carbons (Fsp3) is 0.444. The topological polar surface area (TPSA) is 106 Å². The number of carbonyl (C=O) groups excluding carboxylic acids is 1. The molecule has 1 aromatic heterocycles. The third-order valence-electron chi connectivity index (χ3n) is 6.86. The SMILES string of the molecule is C/C=c1/c(-c2cc(C#N)c(N3CCN(C(=O)CCOC)C(C)C3)nc2C2CC2)ccc/c1=C/[NH2+]O. The Kier molecular flexibility index (Phi) is 7.81. The van der Waals surface area contributed by atoms with E-state index in [9.17, 15) is 15.3 Å². The zero-order chi connectivity index (χ0) is 24.9. The number of anilines is 1. The van der Waals surface area contributed by atoms with Crippen LogP contribution >= 0.6 is 0 Å². The van der Waals surface area contributed by atoms with Crippen LogP contribution in [0, 0.1) is 11.3 Å². The number of benzene rings is 1. The quantitative estimate of drug-likeness (QED) is 0.579. The van der Waals surface area contributed by atoms with Crippen LogP contribution in [0.2, 0.25) is 0 Å². The van der Waals surface area contributed by atoms with Crippen molar-refractivity contribution in [2.45, 2.75) is 45.1 Å². The van der Waals surface area contributed by atoms with Crippen molar-refractivity contribution in [2.75, 3.05) is 38.3 Å². The summed E-state index contributed by atoms with van der Waals surface area (Å²) in [5.74, 6) is 1.19. The first-order valence-electron chi connectivity index (χ1n) is 12.2. The van der Waals surface area contributed by atoms with E-state index in [0.29, 0.717) is 50.0 Å². The second kappa shape index (κ2) is 11.0. The summed E-state index contributed by atoms with van der Waals surface area (Å²) in [5, 5.41) is 21.4. The largest absolute Gasteiger partial charge is 0.384 e. The molecule has 1 aliphatic heterocycles. The highest BCUT2D eigenvalue weighted by molar-refractivity contribution is 5.77. The molecular formula is C27H34N5O3+. The number of rotatable bonds is 7. The lowest BCUT2D eigenvalue weighted by molar-refractivity contribution is -0.812. The maximum atomic E-state index is 12.6. The number of amides is 1. The van der Waals surface area contributed by atoms with Gasteiger partial charge in [0.05, 0.1) is 24.3 Å². The number of methoxy groups -OCH3 is 1. The number of carbonyl (C=O) groups is 1. The fourth-order valence-corrected chi connectivity index (χ4v) is 4.94. The average Bonchev–Trinajstić information content (AvgIpc) is 3.72. The Morgan fingerprint density at radius 3 is 2.77 bits per heavy atom. The van der Waals surface area contributed by atoms with Crippen molar-refractivity contribution in [1.82, 2.24) is 9.88 Å². The second-order valence-electron chi connectivity index (χ2n) is 9.22. The zero-order valence-electron chi connectivity index (χ0n) is 20.7. The maximum absolute atomic E-state index is 12.6. The molecule has 1 unspecified atom stereocenters. The molecule has 0 bridgehead atoms. The monoisotopic (exact) mass is 476 g/mol. The number of ether oxygens (including phenoxy) is 1. The van der Waals surface area contributed by atoms with Gasteiger partial charge in [-0.05, 0) is 49.6 Å². The minimum absolute atomic E-state index is 0.0220. The van der Waals surface area contributed by atoms with Crippen LogP contribution in [0.3, 0.4) is 0 Å². The van der Waals surface area contributed by atoms with E-state index < -0.39 is 0 Å². The van der Waals surface area contributed by atoms with Gasteiger partial charge in [-0.1, -0.05) is 18.2 Å². The molecule has 2 fully saturated rings. The minimum Gasteiger partial charge on any atom is -0.384 e. The van der Waals surface area contributed by atoms with Crippen molar-refractivity contribution in [3.05, 3.63) is 46.0 Å². The summed E-state index contributed by atoms with van der Waals surface area (Å²) in [6.07, 6.45) is 6.26. The van der Waals surface area contributed by atoms with E-state index in [1.807, 2.05) is 43.0 Å². The van der Waals surface area contributed by atoms with Crippen molar-refractivity contribution in [3.8, 4) is 17.2 Å². The van der Waals surface area contributed by atoms with E-state index in [0.717, 1.165) is 45.6 Å². The third kappa shape index (κ3) is 5.22. The van der Waals surface area contributed by atoms with E-state index >= 15 is 0 Å². The van der Waals surface area contributed by atoms with Gasteiger partial charge < -0.3 is 14.5 Å². The van der Waals surface area contributed by atoms with Crippen LogP contribution < -0.4 is 20.8 Å². The lowest BCUT2D eigenvalue weighted by Crippen LogP contribution is -2.74. The molecule has 2 heterocycles. The van der Waals surface area contributed by atoms with Gasteiger partial charge in [0, 0.05) is 49.5 Å². The number of hydrogen-bond acceptors (Lipinski definition) is 6. The molecule has 1 aromatic carbocycles. The van der Waals surface area contributed by atoms with E-state index in [4.69, 9.17) is 9.72 Å². The first kappa shape index (κ1) is 24.9. The first-order valence-corrected chi connectivity index (χ1v) is 12.2. The molecule has 1 saturated carbocycles. The van der Waals surface area contributed by atoms with Crippen LogP contribution in [0.1, 0.15) is 50.3 Å². The van der Waals surface area contributed by atoms with Crippen LogP contribution in [0.5, 0.6) is 0 Å². The van der Waals surface area contributed by atoms with Crippen molar-refractivity contribution in [1.29, 1.82) is 5.26 Å². The molecular weight excluding hydrogens is 442 g/mol. The molecule has 1 aliphatic carbocycles. The van der Waals surface area contributed by atoms with E-state index in [-0.39, 0.29) is 11.9 Å². The molecule has 3 N–H and O–H groups in total. The third-order valence-corrected chi connectivity index (χ3v) is 6.86. The molecule has 0 spiro atoms. The van der Waals surface area contributed by atoms with Crippen molar-refractivity contribution in [3.63, 3.8) is 0 Å². The zero-order valence-corrected chi connectivity index (χ0v) is 20.7. The molecule has 8 heteroatoms. The summed E-state index contributed by atoms with van der Waals surface area (Å²) >= 11 is 0. The normalized spacial score (nSPS) is 19.2. The lowest BCUT2D eigenvalue weighted by Gasteiger charge is -2.41. The predicted octanol–water partition coefficient (Wildman–Crippen LogP) is 1.06. The van der Waals surface area contributed by atoms with Crippen LogP contribution in [-0.2, 0) is 9.53 Å². The molecule has 8 nitrogen and oxygen atoms in total. The van der Waals surface area contributed by atoms with E-state index in [1.54, 1.807) is 13.3 Å². The number of pyridine rings is 1. The Morgan fingerprint density at radius 1 is 1.34 bits per heavy atom. The molecule has 1 atom stereocenters. The van der Waals surface area contributed by atoms with Gasteiger partial charge in [-0.25, -0.2) is 10.2 Å². The molecule has 4 rings (SSSR count). The van der Waals surface area contributed by atoms with Gasteiger partial charge in [0.2, 0.25) is 5.91 Å². The molecule has 1 amide bonds. The van der Waals surface area contributed by atoms with Gasteiger partial charge in [0.15, 0.2) is 0 Å². The summed E-state index contributed by atoms with van der Waals surface area (Å²) in [4.78, 5) is 21.7. The molecule has 2 aliphatic rings. The van der Waals surface area contributed by atoms with Gasteiger partial charge in [-0.2, -0.15) is 10.7 Å². The van der Waals surface area contributed by atoms with E-state index in [1.165, 1.54) is 0 Å². The fourth-order valence-electron chi connectivity index (χ4n) is 4.94. The first-order chi connectivity index (χ1) is 17.0. The second-order valence-corrected chi connectivity index (χ2v) is 9.22. The van der Waals surface area contributed by atoms with Gasteiger partial charge in [-0.15, -0.1) is 0 Å². The molecule has 1 saturated heterocycles. The smallest absolute Gasteiger partial charge is 0.225 e. The number of hydrogen-bond donors (Lipinski definition) is 2. The lowest BCUT2D eigenvalue weighted by atomic mass is 9.96. The Labute approximate surface area is 206 Å². The maximum Gasteiger partial charge on any atom is 0.225 e. The van der Waals surface area contributed by atoms with Gasteiger partial charge in [-0.3, -0.25) is 4.79 Å². The van der Waals surface area contributed by atoms with Crippen LogP contribution in [0.15, 0.2) is 24.3 Å². The van der Waals surface area contributed by atoms with Gasteiger partial charge in [0.1, 0.15) is 18.1 Å². The summed E-state index contributed by atoms with van der Waals surface area (Å²) in [6, 6.07) is 10.4. The van der Waals surface area contributed by atoms with Gasteiger partial charge in [0.25, 0.3) is 0 Å². The highest BCUT2D eigenvalue weighted by Gasteiger charge is 2.33. The van der Waals surface area contributed by atoms with Crippen LogP contribution in [0.25, 0.3) is 23.4 Å². The number of piperazine rings is 1. The van der Waals surface area contributed by atoms with Crippen molar-refractivity contribution < 1.29 is 20.2 Å². The highest BCUT2D eigenvalue weighted by Crippen LogP contribution is 2.44. The Morgan fingerprint density at radius 2 is 2.14 bits per heavy atom. The summed E-state index contributed by atoms with van der Waals surface area (Å²) in [5.41, 5.74) is 4.62. The molecule has 2 aromatic rings. The van der Waals surface area contributed by atoms with Crippen LogP contribution in [-0.4, -0.2) is 60.4 Å². The average molecular weight is 477 g/mol. The number of nitriles is 1. The molecule has 0 radical (unpaired) electrons. The van der Waals surface area contributed by atoms with Crippen LogP contribution in [0.4, 0.5) is 5.82 Å². The Balaban J connectivity index is 1.72. The number of aromatic nitrogens is 1. The number of nitrogens with two attached hydrogens (primary N) is 1. The number of quaternary nitrogens is 1. The Hall–Kier alpha value is -3.25. The number of hydroxylamine groups is 1. The van der Waals surface area contributed by atoms with Crippen molar-refractivity contribution >= 4 is 24.0 Å². The van der Waals surface area contributed by atoms with Crippen molar-refractivity contribution in [2.24, 2.45) is 0 Å². The van der Waals surface area contributed by atoms with E-state index in [2.05, 4.69) is 17.0 Å². The molecule has 35 heavy (non-hydrogen) atoms. The van der Waals surface area contributed by atoms with Gasteiger partial charge >= 0.3 is 0 Å². The minimum atomic E-state index is 0.0220. The number of nitrogens with zero attached hydrogens (tertiary/aromatic N) is 4. The standard InChI is InChI=1S/C27H33N5O3/c1-4-22-20(16-29-34)6-5-7-23(22)24-14-21(15-28)27(30-26(24)19-8-9-19)31-11-12-32(18(2)17-31)25(33)10-13-35-3/h4-7,14,16,18-19,29,34H,8-13,17H2,1-3H3/p+1/b20-16-,22-4+. The summed E-state index contributed by atoms with van der Waals surface area (Å²) in [7, 11) is 1.60. The highest BCUT2D eigenvalue weighted by atomic mass is 16.5.